The molecule has 2 aromatic rings. The van der Waals surface area contributed by atoms with E-state index >= 15 is 0 Å². The number of pyridine rings is 1. The van der Waals surface area contributed by atoms with Gasteiger partial charge in [-0.05, 0) is 18.2 Å². The molecule has 106 valence electrons. The first-order valence-corrected chi connectivity index (χ1v) is 6.06. The minimum atomic E-state index is -1.09. The highest BCUT2D eigenvalue weighted by Gasteiger charge is 2.11. The second-order valence-corrected chi connectivity index (χ2v) is 4.00. The van der Waals surface area contributed by atoms with Crippen molar-refractivity contribution in [3.8, 4) is 0 Å². The lowest BCUT2D eigenvalue weighted by molar-refractivity contribution is -0.131. The molecule has 0 unspecified atom stereocenters. The van der Waals surface area contributed by atoms with Gasteiger partial charge in [-0.15, -0.1) is 0 Å². The Balaban J connectivity index is 2.10. The number of carbonyl (C=O) groups excluding carboxylic acids is 1. The summed E-state index contributed by atoms with van der Waals surface area (Å²) in [4.78, 5) is 34.4. The van der Waals surface area contributed by atoms with Gasteiger partial charge in [0.25, 0.3) is 5.91 Å². The molecular formula is C14H12N4O3. The van der Waals surface area contributed by atoms with Crippen molar-refractivity contribution in [2.24, 2.45) is 0 Å². The summed E-state index contributed by atoms with van der Waals surface area (Å²) in [6.07, 6.45) is 6.73. The molecule has 0 aliphatic heterocycles. The van der Waals surface area contributed by atoms with Crippen molar-refractivity contribution >= 4 is 18.0 Å². The summed E-state index contributed by atoms with van der Waals surface area (Å²) in [5, 5.41) is 11.3. The number of hydrogen-bond donors (Lipinski definition) is 2. The molecule has 2 aromatic heterocycles. The van der Waals surface area contributed by atoms with Gasteiger partial charge in [0, 0.05) is 24.0 Å². The molecule has 7 heteroatoms. The summed E-state index contributed by atoms with van der Waals surface area (Å²) in [6.45, 7) is 0.236. The number of hydrogen-bond acceptors (Lipinski definition) is 5. The number of amides is 1. The van der Waals surface area contributed by atoms with Crippen LogP contribution in [0.5, 0.6) is 0 Å². The van der Waals surface area contributed by atoms with E-state index in [9.17, 15) is 9.59 Å². The molecule has 0 fully saturated rings. The van der Waals surface area contributed by atoms with Crippen molar-refractivity contribution in [3.05, 3.63) is 59.9 Å². The fraction of sp³-hybridized carbons (Fsp3) is 0.0714. The van der Waals surface area contributed by atoms with Crippen LogP contribution in [-0.4, -0.2) is 31.9 Å². The van der Waals surface area contributed by atoms with Crippen molar-refractivity contribution in [2.75, 3.05) is 0 Å². The minimum Gasteiger partial charge on any atom is -0.478 e. The fourth-order valence-electron chi connectivity index (χ4n) is 1.58. The van der Waals surface area contributed by atoms with Crippen LogP contribution in [0.3, 0.4) is 0 Å². The number of aliphatic carboxylic acids is 1. The van der Waals surface area contributed by atoms with E-state index in [-0.39, 0.29) is 12.2 Å². The maximum absolute atomic E-state index is 12.1. The van der Waals surface area contributed by atoms with Crippen LogP contribution >= 0.6 is 0 Å². The molecular weight excluding hydrogens is 272 g/mol. The average Bonchev–Trinajstić information content (AvgIpc) is 2.52. The van der Waals surface area contributed by atoms with Crippen molar-refractivity contribution in [1.29, 1.82) is 0 Å². The van der Waals surface area contributed by atoms with E-state index in [1.165, 1.54) is 18.6 Å². The van der Waals surface area contributed by atoms with E-state index in [0.29, 0.717) is 11.3 Å². The first kappa shape index (κ1) is 14.3. The Morgan fingerprint density at radius 2 is 2.10 bits per heavy atom. The molecule has 0 aliphatic rings. The number of aromatic nitrogens is 3. The summed E-state index contributed by atoms with van der Waals surface area (Å²) < 4.78 is 0. The number of carboxylic acid groups (broad SMARTS) is 1. The lowest BCUT2D eigenvalue weighted by Crippen LogP contribution is -2.25. The minimum absolute atomic E-state index is 0.157. The second kappa shape index (κ2) is 6.90. The predicted octanol–water partition coefficient (Wildman–Crippen LogP) is 0.899. The first-order valence-electron chi connectivity index (χ1n) is 6.06. The van der Waals surface area contributed by atoms with E-state index in [1.54, 1.807) is 24.4 Å². The van der Waals surface area contributed by atoms with E-state index in [2.05, 4.69) is 20.3 Å². The molecule has 7 nitrogen and oxygen atoms in total. The van der Waals surface area contributed by atoms with E-state index in [0.717, 1.165) is 6.08 Å². The highest BCUT2D eigenvalue weighted by molar-refractivity contribution is 5.97. The smallest absolute Gasteiger partial charge is 0.328 e. The maximum Gasteiger partial charge on any atom is 0.328 e. The van der Waals surface area contributed by atoms with Crippen LogP contribution in [0.1, 0.15) is 21.7 Å². The first-order chi connectivity index (χ1) is 10.2. The highest BCUT2D eigenvalue weighted by Crippen LogP contribution is 2.08. The molecule has 1 amide bonds. The molecule has 0 aromatic carbocycles. The number of carboxylic acids is 1. The van der Waals surface area contributed by atoms with Crippen LogP contribution in [0.2, 0.25) is 0 Å². The zero-order valence-corrected chi connectivity index (χ0v) is 10.9. The van der Waals surface area contributed by atoms with E-state index in [1.807, 2.05) is 0 Å². The topological polar surface area (TPSA) is 105 Å². The lowest BCUT2D eigenvalue weighted by Gasteiger charge is -2.06. The van der Waals surface area contributed by atoms with Gasteiger partial charge in [0.1, 0.15) is 12.0 Å². The molecule has 0 bridgehead atoms. The Labute approximate surface area is 120 Å². The Bertz CT molecular complexity index is 671. The van der Waals surface area contributed by atoms with Crippen LogP contribution in [0.25, 0.3) is 6.08 Å². The van der Waals surface area contributed by atoms with Crippen molar-refractivity contribution < 1.29 is 14.7 Å². The quantitative estimate of drug-likeness (QED) is 0.790. The maximum atomic E-state index is 12.1. The van der Waals surface area contributed by atoms with Gasteiger partial charge in [-0.2, -0.15) is 0 Å². The fourth-order valence-corrected chi connectivity index (χ4v) is 1.58. The molecule has 2 rings (SSSR count). The van der Waals surface area contributed by atoms with Crippen molar-refractivity contribution in [1.82, 2.24) is 20.3 Å². The van der Waals surface area contributed by atoms with Gasteiger partial charge in [-0.25, -0.2) is 14.8 Å². The second-order valence-electron chi connectivity index (χ2n) is 4.00. The molecule has 2 heterocycles. The molecule has 0 aliphatic carbocycles. The van der Waals surface area contributed by atoms with Crippen LogP contribution in [0.15, 0.2) is 43.0 Å². The summed E-state index contributed by atoms with van der Waals surface area (Å²) in [5.74, 6) is -1.49. The Morgan fingerprint density at radius 1 is 1.24 bits per heavy atom. The Hall–Kier alpha value is -3.09. The molecule has 0 spiro atoms. The molecule has 0 radical (unpaired) electrons. The van der Waals surface area contributed by atoms with Crippen molar-refractivity contribution in [2.45, 2.75) is 6.54 Å². The van der Waals surface area contributed by atoms with Gasteiger partial charge in [0.2, 0.25) is 0 Å². The third-order valence-electron chi connectivity index (χ3n) is 2.53. The lowest BCUT2D eigenvalue weighted by atomic mass is 10.1. The van der Waals surface area contributed by atoms with Gasteiger partial charge in [0.05, 0.1) is 12.2 Å². The van der Waals surface area contributed by atoms with Gasteiger partial charge < -0.3 is 10.4 Å². The van der Waals surface area contributed by atoms with Crippen molar-refractivity contribution in [3.63, 3.8) is 0 Å². The molecule has 0 atom stereocenters. The van der Waals surface area contributed by atoms with Crippen LogP contribution < -0.4 is 5.32 Å². The molecule has 0 saturated carbocycles. The summed E-state index contributed by atoms with van der Waals surface area (Å²) in [6, 6.07) is 4.93. The third-order valence-corrected chi connectivity index (χ3v) is 2.53. The van der Waals surface area contributed by atoms with Gasteiger partial charge in [-0.3, -0.25) is 9.78 Å². The largest absolute Gasteiger partial charge is 0.478 e. The SMILES string of the molecule is O=C(O)/C=C/c1cccnc1C(=O)NCc1ccncn1. The summed E-state index contributed by atoms with van der Waals surface area (Å²) in [5.41, 5.74) is 1.25. The van der Waals surface area contributed by atoms with E-state index in [4.69, 9.17) is 5.11 Å². The van der Waals surface area contributed by atoms with E-state index < -0.39 is 11.9 Å². The van der Waals surface area contributed by atoms with Crippen LogP contribution in [0.4, 0.5) is 0 Å². The Morgan fingerprint density at radius 3 is 2.81 bits per heavy atom. The third kappa shape index (κ3) is 4.20. The van der Waals surface area contributed by atoms with Gasteiger partial charge in [0.15, 0.2) is 0 Å². The normalized spacial score (nSPS) is 10.5. The average molecular weight is 284 g/mol. The monoisotopic (exact) mass is 284 g/mol. The van der Waals surface area contributed by atoms with Crippen LogP contribution in [0, 0.1) is 0 Å². The zero-order chi connectivity index (χ0) is 15.1. The number of rotatable bonds is 5. The molecule has 0 saturated heterocycles. The predicted molar refractivity (Wildman–Crippen MR) is 74.1 cm³/mol. The number of nitrogens with one attached hydrogen (secondary N) is 1. The number of carbonyl (C=O) groups is 2. The van der Waals surface area contributed by atoms with Crippen LogP contribution in [-0.2, 0) is 11.3 Å². The summed E-state index contributed by atoms with van der Waals surface area (Å²) >= 11 is 0. The van der Waals surface area contributed by atoms with Gasteiger partial charge in [-0.1, -0.05) is 6.07 Å². The summed E-state index contributed by atoms with van der Waals surface area (Å²) in [7, 11) is 0. The van der Waals surface area contributed by atoms with Gasteiger partial charge >= 0.3 is 5.97 Å². The highest BCUT2D eigenvalue weighted by atomic mass is 16.4. The Kier molecular flexibility index (Phi) is 4.70. The molecule has 21 heavy (non-hydrogen) atoms. The standard InChI is InChI=1S/C14H12N4O3/c19-12(20)4-3-10-2-1-6-16-13(10)14(21)17-8-11-5-7-15-9-18-11/h1-7,9H,8H2,(H,17,21)(H,19,20)/b4-3+. The zero-order valence-electron chi connectivity index (χ0n) is 10.9. The number of nitrogens with zero attached hydrogens (tertiary/aromatic N) is 3. The molecule has 2 N–H and O–H groups in total.